The largest absolute Gasteiger partial charge is 0.310 e. The number of thiophene rings is 1. The van der Waals surface area contributed by atoms with Gasteiger partial charge in [0.2, 0.25) is 0 Å². The van der Waals surface area contributed by atoms with E-state index in [-0.39, 0.29) is 10.8 Å². The topological polar surface area (TPSA) is 3.24 Å². The van der Waals surface area contributed by atoms with Crippen molar-refractivity contribution in [3.05, 3.63) is 221 Å². The average Bonchev–Trinajstić information content (AvgIpc) is 3.83. The minimum atomic E-state index is -0.244. The van der Waals surface area contributed by atoms with Gasteiger partial charge in [-0.2, -0.15) is 0 Å². The van der Waals surface area contributed by atoms with Crippen LogP contribution in [0.25, 0.3) is 42.4 Å². The van der Waals surface area contributed by atoms with Crippen molar-refractivity contribution in [2.45, 2.75) is 24.7 Å². The van der Waals surface area contributed by atoms with Gasteiger partial charge < -0.3 is 4.90 Å². The van der Waals surface area contributed by atoms with Gasteiger partial charge in [0.1, 0.15) is 0 Å². The molecule has 0 radical (unpaired) electrons. The molecule has 9 aromatic rings. The molecule has 2 atom stereocenters. The van der Waals surface area contributed by atoms with E-state index in [1.807, 2.05) is 11.3 Å². The molecule has 0 aliphatic heterocycles. The van der Waals surface area contributed by atoms with Crippen LogP contribution in [-0.4, -0.2) is 0 Å². The van der Waals surface area contributed by atoms with Crippen LogP contribution in [0.5, 0.6) is 0 Å². The Morgan fingerprint density at radius 3 is 1.35 bits per heavy atom. The highest BCUT2D eigenvalue weighted by molar-refractivity contribution is 7.25. The molecule has 0 bridgehead atoms. The van der Waals surface area contributed by atoms with Crippen LogP contribution in [0.4, 0.5) is 17.1 Å². The third-order valence-electron chi connectivity index (χ3n) is 12.4. The molecule has 1 heterocycles. The highest BCUT2D eigenvalue weighted by Gasteiger charge is 2.42. The van der Waals surface area contributed by atoms with Crippen molar-refractivity contribution < 1.29 is 0 Å². The molecule has 0 N–H and O–H groups in total. The highest BCUT2D eigenvalue weighted by Crippen LogP contribution is 2.56. The molecule has 2 aliphatic rings. The third kappa shape index (κ3) is 4.32. The van der Waals surface area contributed by atoms with Gasteiger partial charge in [0.05, 0.1) is 0 Å². The second kappa shape index (κ2) is 11.6. The normalized spacial score (nSPS) is 18.0. The van der Waals surface area contributed by atoms with E-state index in [9.17, 15) is 0 Å². The smallest absolute Gasteiger partial charge is 0.0476 e. The summed E-state index contributed by atoms with van der Waals surface area (Å²) in [6.45, 7) is 4.78. The lowest BCUT2D eigenvalue weighted by Crippen LogP contribution is -2.22. The molecule has 0 spiro atoms. The third-order valence-corrected chi connectivity index (χ3v) is 13.6. The first-order chi connectivity index (χ1) is 26.5. The van der Waals surface area contributed by atoms with Crippen LogP contribution in [0.15, 0.2) is 188 Å². The van der Waals surface area contributed by atoms with Crippen LogP contribution < -0.4 is 4.90 Å². The lowest BCUT2D eigenvalue weighted by molar-refractivity contribution is 0.714. The fourth-order valence-electron chi connectivity index (χ4n) is 9.72. The first-order valence-corrected chi connectivity index (χ1v) is 19.7. The number of hydrogen-bond acceptors (Lipinski definition) is 2. The molecule has 1 nitrogen and oxygen atoms in total. The number of fused-ring (bicyclic) bond motifs is 9. The second-order valence-electron chi connectivity index (χ2n) is 15.1. The first kappa shape index (κ1) is 31.3. The SMILES string of the molecule is CC1(c2ccccc2)c2ccccc2-c2cc(N(c3ccc4c(c3)-c3ccccc3C4(C)c3ccccc3)c3ccc4c(c3)sc3ccccc34)ccc21. The molecule has 2 unspecified atom stereocenters. The summed E-state index contributed by atoms with van der Waals surface area (Å²) < 4.78 is 2.62. The van der Waals surface area contributed by atoms with Crippen molar-refractivity contribution in [1.29, 1.82) is 0 Å². The molecule has 2 heteroatoms. The predicted molar refractivity (Wildman–Crippen MR) is 229 cm³/mol. The standard InChI is InChI=1S/C52H37NS/c1-51(34-15-5-3-6-16-34)45-22-12-9-19-39(45)43-31-36(26-29-47(43)51)53(38-25-28-42-41-21-11-14-24-49(41)54-50(42)33-38)37-27-30-48-44(32-37)40-20-10-13-23-46(40)52(48,2)35-17-7-4-8-18-35/h3-33H,1-2H3. The molecular weight excluding hydrogens is 671 g/mol. The Morgan fingerprint density at radius 1 is 0.352 bits per heavy atom. The lowest BCUT2D eigenvalue weighted by Gasteiger charge is -2.30. The van der Waals surface area contributed by atoms with Gasteiger partial charge in [-0.05, 0) is 112 Å². The Kier molecular flexibility index (Phi) is 6.75. The van der Waals surface area contributed by atoms with Crippen LogP contribution in [0, 0.1) is 0 Å². The summed E-state index contributed by atoms with van der Waals surface area (Å²) in [6.07, 6.45) is 0. The summed E-state index contributed by atoms with van der Waals surface area (Å²) in [7, 11) is 0. The zero-order valence-corrected chi connectivity index (χ0v) is 31.1. The maximum Gasteiger partial charge on any atom is 0.0476 e. The van der Waals surface area contributed by atoms with E-state index in [4.69, 9.17) is 0 Å². The van der Waals surface area contributed by atoms with Crippen molar-refractivity contribution in [2.75, 3.05) is 4.90 Å². The monoisotopic (exact) mass is 707 g/mol. The molecule has 2 aliphatic carbocycles. The minimum absolute atomic E-state index is 0.244. The maximum atomic E-state index is 2.48. The first-order valence-electron chi connectivity index (χ1n) is 18.8. The summed E-state index contributed by atoms with van der Waals surface area (Å²) in [6, 6.07) is 70.1. The Labute approximate surface area is 320 Å². The summed E-state index contributed by atoms with van der Waals surface area (Å²) >= 11 is 1.87. The van der Waals surface area contributed by atoms with E-state index >= 15 is 0 Å². The number of benzene rings is 8. The number of hydrogen-bond donors (Lipinski definition) is 0. The molecular formula is C52H37NS. The van der Waals surface area contributed by atoms with Crippen LogP contribution >= 0.6 is 11.3 Å². The van der Waals surface area contributed by atoms with Crippen molar-refractivity contribution in [3.8, 4) is 22.3 Å². The molecule has 0 saturated heterocycles. The molecule has 54 heavy (non-hydrogen) atoms. The molecule has 256 valence electrons. The summed E-state index contributed by atoms with van der Waals surface area (Å²) in [4.78, 5) is 2.48. The van der Waals surface area contributed by atoms with Crippen molar-refractivity contribution in [1.82, 2.24) is 0 Å². The summed E-state index contributed by atoms with van der Waals surface area (Å²) in [5.74, 6) is 0. The van der Waals surface area contributed by atoms with Crippen molar-refractivity contribution >= 4 is 48.6 Å². The van der Waals surface area contributed by atoms with E-state index in [1.54, 1.807) is 0 Å². The highest BCUT2D eigenvalue weighted by atomic mass is 32.1. The van der Waals surface area contributed by atoms with E-state index in [0.717, 1.165) is 17.1 Å². The van der Waals surface area contributed by atoms with Gasteiger partial charge in [0.15, 0.2) is 0 Å². The van der Waals surface area contributed by atoms with Gasteiger partial charge in [-0.25, -0.2) is 0 Å². The van der Waals surface area contributed by atoms with Gasteiger partial charge in [-0.1, -0.05) is 146 Å². The fraction of sp³-hybridized carbons (Fsp3) is 0.0769. The zero-order valence-electron chi connectivity index (χ0n) is 30.3. The molecule has 1 aromatic heterocycles. The average molecular weight is 708 g/mol. The van der Waals surface area contributed by atoms with E-state index < -0.39 is 0 Å². The molecule has 8 aromatic carbocycles. The fourth-order valence-corrected chi connectivity index (χ4v) is 10.9. The Hall–Kier alpha value is -6.22. The Balaban J connectivity index is 1.14. The number of anilines is 3. The van der Waals surface area contributed by atoms with Crippen LogP contribution in [-0.2, 0) is 10.8 Å². The van der Waals surface area contributed by atoms with E-state index in [1.165, 1.54) is 75.8 Å². The van der Waals surface area contributed by atoms with Crippen LogP contribution in [0.2, 0.25) is 0 Å². The second-order valence-corrected chi connectivity index (χ2v) is 16.2. The van der Waals surface area contributed by atoms with E-state index in [2.05, 4.69) is 207 Å². The van der Waals surface area contributed by atoms with Gasteiger partial charge in [0, 0.05) is 48.1 Å². The maximum absolute atomic E-state index is 2.48. The minimum Gasteiger partial charge on any atom is -0.310 e. The van der Waals surface area contributed by atoms with Gasteiger partial charge >= 0.3 is 0 Å². The van der Waals surface area contributed by atoms with Crippen molar-refractivity contribution in [2.24, 2.45) is 0 Å². The number of nitrogens with zero attached hydrogens (tertiary/aromatic N) is 1. The Morgan fingerprint density at radius 2 is 0.778 bits per heavy atom. The van der Waals surface area contributed by atoms with Gasteiger partial charge in [-0.15, -0.1) is 11.3 Å². The van der Waals surface area contributed by atoms with Gasteiger partial charge in [-0.3, -0.25) is 0 Å². The summed E-state index contributed by atoms with van der Waals surface area (Å²) in [5, 5.41) is 2.63. The predicted octanol–water partition coefficient (Wildman–Crippen LogP) is 14.2. The molecule has 0 saturated carbocycles. The van der Waals surface area contributed by atoms with Gasteiger partial charge in [0.25, 0.3) is 0 Å². The number of rotatable bonds is 5. The van der Waals surface area contributed by atoms with Crippen LogP contribution in [0.3, 0.4) is 0 Å². The molecule has 0 amide bonds. The van der Waals surface area contributed by atoms with Crippen molar-refractivity contribution in [3.63, 3.8) is 0 Å². The Bertz CT molecular complexity index is 2780. The quantitative estimate of drug-likeness (QED) is 0.172. The molecule has 11 rings (SSSR count). The summed E-state index contributed by atoms with van der Waals surface area (Å²) in [5.41, 5.74) is 16.2. The lowest BCUT2D eigenvalue weighted by atomic mass is 9.74. The zero-order chi connectivity index (χ0) is 36.0. The van der Waals surface area contributed by atoms with Crippen LogP contribution in [0.1, 0.15) is 47.2 Å². The van der Waals surface area contributed by atoms with E-state index in [0.29, 0.717) is 0 Å². The molecule has 0 fully saturated rings.